The smallest absolute Gasteiger partial charge is 0.192 e. The Hall–Kier alpha value is -1.34. The second-order valence-electron chi connectivity index (χ2n) is 12.0. The summed E-state index contributed by atoms with van der Waals surface area (Å²) in [5.41, 5.74) is 7.27. The van der Waals surface area contributed by atoms with Gasteiger partial charge in [0.15, 0.2) is 34.3 Å². The molecule has 32 heavy (non-hydrogen) atoms. The lowest BCUT2D eigenvalue weighted by atomic mass is 10.2. The number of rotatable bonds is 6. The van der Waals surface area contributed by atoms with Crippen molar-refractivity contribution in [3.05, 3.63) is 12.7 Å². The van der Waals surface area contributed by atoms with Crippen LogP contribution >= 0.6 is 0 Å². The second kappa shape index (κ2) is 8.46. The van der Waals surface area contributed by atoms with Gasteiger partial charge in [0.05, 0.1) is 25.1 Å². The summed E-state index contributed by atoms with van der Waals surface area (Å²) in [6, 6.07) is 0. The fraction of sp³-hybridized carbons (Fsp3) is 0.773. The van der Waals surface area contributed by atoms with E-state index in [2.05, 4.69) is 82.7 Å². The van der Waals surface area contributed by atoms with Crippen LogP contribution in [0.15, 0.2) is 12.7 Å². The summed E-state index contributed by atoms with van der Waals surface area (Å²) in [6.07, 6.45) is 3.47. The maximum atomic E-state index is 6.85. The predicted octanol–water partition coefficient (Wildman–Crippen LogP) is 5.11. The Bertz CT molecular complexity index is 949. The van der Waals surface area contributed by atoms with Gasteiger partial charge in [0, 0.05) is 6.42 Å². The third-order valence-electron chi connectivity index (χ3n) is 7.49. The van der Waals surface area contributed by atoms with Crippen LogP contribution in [0.4, 0.5) is 5.82 Å². The van der Waals surface area contributed by atoms with E-state index in [9.17, 15) is 0 Å². The molecule has 0 amide bonds. The monoisotopic (exact) mass is 479 g/mol. The number of ether oxygens (including phenoxy) is 1. The highest BCUT2D eigenvalue weighted by Crippen LogP contribution is 2.43. The van der Waals surface area contributed by atoms with Crippen molar-refractivity contribution in [2.24, 2.45) is 0 Å². The van der Waals surface area contributed by atoms with Crippen LogP contribution in [0, 0.1) is 0 Å². The zero-order valence-electron chi connectivity index (χ0n) is 21.4. The number of nitrogen functional groups attached to an aromatic ring is 1. The van der Waals surface area contributed by atoms with Crippen LogP contribution in [0.25, 0.3) is 11.2 Å². The first-order valence-electron chi connectivity index (χ1n) is 11.4. The van der Waals surface area contributed by atoms with E-state index in [0.29, 0.717) is 23.6 Å². The molecule has 1 saturated heterocycles. The zero-order chi connectivity index (χ0) is 24.1. The zero-order valence-corrected chi connectivity index (χ0v) is 23.4. The molecule has 180 valence electrons. The van der Waals surface area contributed by atoms with Crippen LogP contribution < -0.4 is 5.73 Å². The summed E-state index contributed by atoms with van der Waals surface area (Å²) in [4.78, 5) is 12.9. The topological polar surface area (TPSA) is 97.3 Å². The number of aromatic nitrogens is 4. The molecule has 0 aromatic carbocycles. The molecule has 0 aliphatic carbocycles. The molecule has 2 N–H and O–H groups in total. The lowest BCUT2D eigenvalue weighted by Crippen LogP contribution is -2.45. The molecule has 1 aliphatic heterocycles. The number of nitrogens with zero attached hydrogens (tertiary/aromatic N) is 4. The van der Waals surface area contributed by atoms with E-state index in [1.54, 1.807) is 6.33 Å². The summed E-state index contributed by atoms with van der Waals surface area (Å²) in [5, 5.41) is 0.244. The van der Waals surface area contributed by atoms with Crippen LogP contribution in [0.5, 0.6) is 0 Å². The molecule has 3 rings (SSSR count). The van der Waals surface area contributed by atoms with Crippen molar-refractivity contribution in [3.63, 3.8) is 0 Å². The van der Waals surface area contributed by atoms with Crippen molar-refractivity contribution in [3.8, 4) is 0 Å². The Labute approximate surface area is 194 Å². The van der Waals surface area contributed by atoms with Gasteiger partial charge in [-0.05, 0) is 36.3 Å². The quantitative estimate of drug-likeness (QED) is 0.575. The van der Waals surface area contributed by atoms with Crippen molar-refractivity contribution in [2.75, 3.05) is 12.3 Å². The molecule has 2 aromatic heterocycles. The van der Waals surface area contributed by atoms with Crippen LogP contribution in [0.1, 0.15) is 54.2 Å². The minimum atomic E-state index is -2.03. The number of nitrogens with two attached hydrogens (primary N) is 1. The first-order chi connectivity index (χ1) is 14.5. The molecule has 0 radical (unpaired) electrons. The lowest BCUT2D eigenvalue weighted by molar-refractivity contribution is -0.0443. The number of hydrogen-bond acceptors (Lipinski definition) is 7. The van der Waals surface area contributed by atoms with Gasteiger partial charge < -0.3 is 19.3 Å². The molecule has 0 saturated carbocycles. The van der Waals surface area contributed by atoms with Gasteiger partial charge in [0.25, 0.3) is 0 Å². The third kappa shape index (κ3) is 4.94. The average molecular weight is 480 g/mol. The van der Waals surface area contributed by atoms with Gasteiger partial charge >= 0.3 is 0 Å². The largest absolute Gasteiger partial charge is 0.414 e. The van der Waals surface area contributed by atoms with Crippen molar-refractivity contribution < 1.29 is 13.6 Å². The molecule has 1 fully saturated rings. The first kappa shape index (κ1) is 25.3. The number of hydrogen-bond donors (Lipinski definition) is 1. The maximum absolute atomic E-state index is 6.85. The molecule has 0 bridgehead atoms. The van der Waals surface area contributed by atoms with E-state index in [1.807, 2.05) is 4.57 Å². The number of anilines is 1. The molecule has 1 aliphatic rings. The Balaban J connectivity index is 1.89. The standard InChI is InChI=1S/C22H41N5O3Si2/c1-21(2,3)31(7,8)28-12-15-11-16(30-32(9,10)22(4,5)6)20(29-15)27-14-26-17-18(23)24-13-25-19(17)27/h13-16,20H,11-12H2,1-10H3,(H2,23,24,25)/t15-,16?,20+/m0/s1. The second-order valence-corrected chi connectivity index (χ2v) is 21.5. The van der Waals surface area contributed by atoms with E-state index in [1.165, 1.54) is 6.33 Å². The summed E-state index contributed by atoms with van der Waals surface area (Å²) >= 11 is 0. The van der Waals surface area contributed by atoms with E-state index in [0.717, 1.165) is 6.42 Å². The summed E-state index contributed by atoms with van der Waals surface area (Å²) < 4.78 is 21.8. The Morgan fingerprint density at radius 3 is 2.25 bits per heavy atom. The normalized spacial score (nSPS) is 23.2. The van der Waals surface area contributed by atoms with E-state index in [4.69, 9.17) is 19.3 Å². The molecular weight excluding hydrogens is 438 g/mol. The highest BCUT2D eigenvalue weighted by molar-refractivity contribution is 6.74. The molecule has 10 heteroatoms. The average Bonchev–Trinajstić information content (AvgIpc) is 3.22. The van der Waals surface area contributed by atoms with E-state index in [-0.39, 0.29) is 28.5 Å². The number of imidazole rings is 1. The van der Waals surface area contributed by atoms with Crippen molar-refractivity contribution in [1.82, 2.24) is 19.5 Å². The van der Waals surface area contributed by atoms with Crippen molar-refractivity contribution >= 4 is 33.6 Å². The maximum Gasteiger partial charge on any atom is 0.192 e. The Morgan fingerprint density at radius 1 is 1.03 bits per heavy atom. The van der Waals surface area contributed by atoms with Gasteiger partial charge in [0.1, 0.15) is 11.8 Å². The predicted molar refractivity (Wildman–Crippen MR) is 133 cm³/mol. The number of fused-ring (bicyclic) bond motifs is 1. The van der Waals surface area contributed by atoms with Crippen molar-refractivity contribution in [1.29, 1.82) is 0 Å². The molecule has 3 heterocycles. The van der Waals surface area contributed by atoms with Crippen LogP contribution in [-0.4, -0.2) is 55.0 Å². The van der Waals surface area contributed by atoms with Crippen LogP contribution in [0.3, 0.4) is 0 Å². The van der Waals surface area contributed by atoms with Crippen LogP contribution in [-0.2, 0) is 13.6 Å². The molecule has 8 nitrogen and oxygen atoms in total. The fourth-order valence-electron chi connectivity index (χ4n) is 3.30. The first-order valence-corrected chi connectivity index (χ1v) is 17.3. The molecule has 3 atom stereocenters. The van der Waals surface area contributed by atoms with E-state index >= 15 is 0 Å². The summed E-state index contributed by atoms with van der Waals surface area (Å²) in [6.45, 7) is 23.2. The molecule has 0 spiro atoms. The van der Waals surface area contributed by atoms with Crippen LogP contribution in [0.2, 0.25) is 36.3 Å². The van der Waals surface area contributed by atoms with Gasteiger partial charge in [-0.15, -0.1) is 0 Å². The van der Waals surface area contributed by atoms with E-state index < -0.39 is 16.6 Å². The fourth-order valence-corrected chi connectivity index (χ4v) is 5.66. The van der Waals surface area contributed by atoms with Crippen molar-refractivity contribution in [2.45, 2.75) is 103 Å². The minimum absolute atomic E-state index is 0.0551. The Morgan fingerprint density at radius 2 is 1.66 bits per heavy atom. The molecule has 1 unspecified atom stereocenters. The molecule has 2 aromatic rings. The Kier molecular flexibility index (Phi) is 6.69. The SMILES string of the molecule is CC(C)(C)[Si](C)(C)OC[C@@H]1CC(O[Si](C)(C)C(C)(C)C)[C@H](n2cnc3c(N)ncnc32)O1. The van der Waals surface area contributed by atoms with Gasteiger partial charge in [-0.3, -0.25) is 4.57 Å². The van der Waals surface area contributed by atoms with Gasteiger partial charge in [0.2, 0.25) is 0 Å². The summed E-state index contributed by atoms with van der Waals surface area (Å²) in [5.74, 6) is 0.367. The highest BCUT2D eigenvalue weighted by Gasteiger charge is 2.46. The molecular formula is C22H41N5O3Si2. The lowest BCUT2D eigenvalue weighted by Gasteiger charge is -2.39. The highest BCUT2D eigenvalue weighted by atomic mass is 28.4. The minimum Gasteiger partial charge on any atom is -0.414 e. The third-order valence-corrected chi connectivity index (χ3v) is 16.5. The van der Waals surface area contributed by atoms with Gasteiger partial charge in [-0.2, -0.15) is 0 Å². The summed E-state index contributed by atoms with van der Waals surface area (Å²) in [7, 11) is -3.90. The van der Waals surface area contributed by atoms with Gasteiger partial charge in [-0.1, -0.05) is 41.5 Å². The van der Waals surface area contributed by atoms with Gasteiger partial charge in [-0.25, -0.2) is 15.0 Å².